The van der Waals surface area contributed by atoms with Gasteiger partial charge in [0.05, 0.1) is 0 Å². The number of rotatable bonds is 6. The maximum Gasteiger partial charge on any atom is 0.220 e. The molecule has 22 heavy (non-hydrogen) atoms. The first-order chi connectivity index (χ1) is 10.5. The van der Waals surface area contributed by atoms with Crippen LogP contribution >= 0.6 is 0 Å². The molecule has 1 heterocycles. The van der Waals surface area contributed by atoms with E-state index in [1.807, 2.05) is 30.3 Å². The first-order valence-electron chi connectivity index (χ1n) is 7.88. The number of hydrogen-bond donors (Lipinski definition) is 1. The zero-order valence-electron chi connectivity index (χ0n) is 13.5. The average molecular weight is 322 g/mol. The van der Waals surface area contributed by atoms with Crippen LogP contribution in [0.3, 0.4) is 0 Å². The topological polar surface area (TPSA) is 49.4 Å². The van der Waals surface area contributed by atoms with E-state index in [0.717, 1.165) is 31.0 Å². The number of benzene rings is 1. The van der Waals surface area contributed by atoms with E-state index < -0.39 is 10.8 Å². The Bertz CT molecular complexity index is 507. The van der Waals surface area contributed by atoms with Crippen molar-refractivity contribution in [2.45, 2.75) is 32.2 Å². The highest BCUT2D eigenvalue weighted by Crippen LogP contribution is 2.16. The van der Waals surface area contributed by atoms with Crippen LogP contribution < -0.4 is 5.32 Å². The van der Waals surface area contributed by atoms with Crippen molar-refractivity contribution in [1.29, 1.82) is 0 Å². The second kappa shape index (κ2) is 7.88. The maximum atomic E-state index is 12.0. The van der Waals surface area contributed by atoms with Crippen molar-refractivity contribution in [2.75, 3.05) is 31.1 Å². The smallest absolute Gasteiger partial charge is 0.220 e. The Morgan fingerprint density at radius 1 is 1.23 bits per heavy atom. The molecule has 0 bridgehead atoms. The fourth-order valence-corrected chi connectivity index (χ4v) is 3.71. The molecular formula is C17H26N2O2S. The Morgan fingerprint density at radius 3 is 2.50 bits per heavy atom. The minimum atomic E-state index is -0.662. The Hall–Kier alpha value is -1.20. The molecule has 0 spiro atoms. The lowest BCUT2D eigenvalue weighted by Gasteiger charge is -2.40. The molecule has 0 atom stereocenters. The predicted molar refractivity (Wildman–Crippen MR) is 91.3 cm³/mol. The monoisotopic (exact) mass is 322 g/mol. The molecule has 2 rings (SSSR count). The second-order valence-electron chi connectivity index (χ2n) is 6.41. The van der Waals surface area contributed by atoms with Crippen molar-refractivity contribution < 1.29 is 9.00 Å². The van der Waals surface area contributed by atoms with Crippen LogP contribution in [0.1, 0.15) is 25.8 Å². The fraction of sp³-hybridized carbons (Fsp3) is 0.588. The van der Waals surface area contributed by atoms with Crippen LogP contribution in [0.25, 0.3) is 0 Å². The summed E-state index contributed by atoms with van der Waals surface area (Å²) in [6, 6.07) is 10.1. The standard InChI is InChI=1S/C17H26N2O2S/c1-17(2,19-10-12-22(21)13-11-19)14-18-16(20)9-8-15-6-4-3-5-7-15/h3-7H,8-14H2,1-2H3,(H,18,20). The summed E-state index contributed by atoms with van der Waals surface area (Å²) >= 11 is 0. The molecule has 1 N–H and O–H groups in total. The van der Waals surface area contributed by atoms with Gasteiger partial charge in [-0.05, 0) is 25.8 Å². The number of amides is 1. The molecule has 1 aliphatic rings. The zero-order chi connectivity index (χ0) is 16.0. The summed E-state index contributed by atoms with van der Waals surface area (Å²) in [7, 11) is -0.662. The molecule has 4 nitrogen and oxygen atoms in total. The molecule has 0 radical (unpaired) electrons. The number of carbonyl (C=O) groups excluding carboxylic acids is 1. The predicted octanol–water partition coefficient (Wildman–Crippen LogP) is 1.58. The van der Waals surface area contributed by atoms with E-state index in [1.54, 1.807) is 0 Å². The Labute approximate surface area is 135 Å². The van der Waals surface area contributed by atoms with Gasteiger partial charge >= 0.3 is 0 Å². The van der Waals surface area contributed by atoms with Crippen LogP contribution in [0.4, 0.5) is 0 Å². The lowest BCUT2D eigenvalue weighted by atomic mass is 10.0. The fourth-order valence-electron chi connectivity index (χ4n) is 2.66. The minimum absolute atomic E-state index is 0.0903. The third kappa shape index (κ3) is 5.21. The average Bonchev–Trinajstić information content (AvgIpc) is 2.52. The quantitative estimate of drug-likeness (QED) is 0.865. The van der Waals surface area contributed by atoms with Crippen molar-refractivity contribution in [1.82, 2.24) is 10.2 Å². The molecule has 5 heteroatoms. The summed E-state index contributed by atoms with van der Waals surface area (Å²) in [4.78, 5) is 14.3. The van der Waals surface area contributed by atoms with Crippen LogP contribution in [0, 0.1) is 0 Å². The van der Waals surface area contributed by atoms with E-state index in [1.165, 1.54) is 5.56 Å². The zero-order valence-corrected chi connectivity index (χ0v) is 14.3. The summed E-state index contributed by atoms with van der Waals surface area (Å²) in [6.45, 7) is 6.60. The molecule has 0 aromatic heterocycles. The lowest BCUT2D eigenvalue weighted by molar-refractivity contribution is -0.121. The summed E-state index contributed by atoms with van der Waals surface area (Å²) in [5.41, 5.74) is 1.10. The summed E-state index contributed by atoms with van der Waals surface area (Å²) in [5.74, 6) is 1.58. The summed E-state index contributed by atoms with van der Waals surface area (Å²) in [6.07, 6.45) is 1.29. The molecular weight excluding hydrogens is 296 g/mol. The Kier molecular flexibility index (Phi) is 6.15. The third-order valence-corrected chi connectivity index (χ3v) is 5.51. The van der Waals surface area contributed by atoms with E-state index in [4.69, 9.17) is 0 Å². The van der Waals surface area contributed by atoms with Crippen molar-refractivity contribution in [3.63, 3.8) is 0 Å². The number of nitrogens with zero attached hydrogens (tertiary/aromatic N) is 1. The van der Waals surface area contributed by atoms with E-state index in [-0.39, 0.29) is 11.4 Å². The van der Waals surface area contributed by atoms with Gasteiger partial charge in [0.15, 0.2) is 0 Å². The van der Waals surface area contributed by atoms with Gasteiger partial charge in [-0.2, -0.15) is 0 Å². The van der Waals surface area contributed by atoms with Crippen molar-refractivity contribution in [2.24, 2.45) is 0 Å². The highest BCUT2D eigenvalue weighted by atomic mass is 32.2. The van der Waals surface area contributed by atoms with Crippen molar-refractivity contribution in [3.05, 3.63) is 35.9 Å². The molecule has 1 saturated heterocycles. The van der Waals surface area contributed by atoms with Crippen LogP contribution in [0.2, 0.25) is 0 Å². The first-order valence-corrected chi connectivity index (χ1v) is 9.37. The van der Waals surface area contributed by atoms with Crippen molar-refractivity contribution >= 4 is 16.7 Å². The Morgan fingerprint density at radius 2 is 1.86 bits per heavy atom. The largest absolute Gasteiger partial charge is 0.354 e. The molecule has 1 aromatic carbocycles. The molecule has 0 saturated carbocycles. The molecule has 1 aliphatic heterocycles. The molecule has 1 amide bonds. The maximum absolute atomic E-state index is 12.0. The number of carbonyl (C=O) groups is 1. The second-order valence-corrected chi connectivity index (χ2v) is 8.11. The van der Waals surface area contributed by atoms with E-state index in [2.05, 4.69) is 24.1 Å². The van der Waals surface area contributed by atoms with Crippen LogP contribution in [0.15, 0.2) is 30.3 Å². The van der Waals surface area contributed by atoms with Gasteiger partial charge in [-0.15, -0.1) is 0 Å². The van der Waals surface area contributed by atoms with Gasteiger partial charge in [-0.3, -0.25) is 13.9 Å². The first kappa shape index (κ1) is 17.2. The van der Waals surface area contributed by atoms with E-state index >= 15 is 0 Å². The molecule has 122 valence electrons. The van der Waals surface area contributed by atoms with Gasteiger partial charge in [0, 0.05) is 53.9 Å². The number of nitrogens with one attached hydrogen (secondary N) is 1. The summed E-state index contributed by atoms with van der Waals surface area (Å²) < 4.78 is 11.4. The normalized spacial score (nSPS) is 17.4. The SMILES string of the molecule is CC(C)(CNC(=O)CCc1ccccc1)N1CCS(=O)CC1. The van der Waals surface area contributed by atoms with Gasteiger partial charge in [0.25, 0.3) is 0 Å². The van der Waals surface area contributed by atoms with Gasteiger partial charge in [-0.1, -0.05) is 30.3 Å². The lowest BCUT2D eigenvalue weighted by Crippen LogP contribution is -2.55. The van der Waals surface area contributed by atoms with Crippen molar-refractivity contribution in [3.8, 4) is 0 Å². The number of hydrogen-bond acceptors (Lipinski definition) is 3. The molecule has 0 aliphatic carbocycles. The van der Waals surface area contributed by atoms with Gasteiger partial charge in [0.1, 0.15) is 0 Å². The van der Waals surface area contributed by atoms with Gasteiger partial charge < -0.3 is 5.32 Å². The van der Waals surface area contributed by atoms with Gasteiger partial charge in [-0.25, -0.2) is 0 Å². The Balaban J connectivity index is 1.74. The highest BCUT2D eigenvalue weighted by Gasteiger charge is 2.29. The molecule has 1 fully saturated rings. The minimum Gasteiger partial charge on any atom is -0.354 e. The van der Waals surface area contributed by atoms with E-state index in [0.29, 0.717) is 13.0 Å². The molecule has 0 unspecified atom stereocenters. The highest BCUT2D eigenvalue weighted by molar-refractivity contribution is 7.85. The summed E-state index contributed by atoms with van der Waals surface area (Å²) in [5, 5.41) is 3.05. The number of aryl methyl sites for hydroxylation is 1. The van der Waals surface area contributed by atoms with Crippen LogP contribution in [0.5, 0.6) is 0 Å². The third-order valence-electron chi connectivity index (χ3n) is 4.24. The van der Waals surface area contributed by atoms with E-state index in [9.17, 15) is 9.00 Å². The van der Waals surface area contributed by atoms with Crippen LogP contribution in [-0.4, -0.2) is 51.7 Å². The molecule has 1 aromatic rings. The van der Waals surface area contributed by atoms with Crippen LogP contribution in [-0.2, 0) is 22.0 Å². The van der Waals surface area contributed by atoms with Gasteiger partial charge in [0.2, 0.25) is 5.91 Å².